The van der Waals surface area contributed by atoms with Crippen LogP contribution < -0.4 is 10.6 Å². The molecule has 1 aromatic carbocycles. The number of nitro groups is 1. The van der Waals surface area contributed by atoms with E-state index in [0.29, 0.717) is 6.54 Å². The minimum atomic E-state index is -0.744. The van der Waals surface area contributed by atoms with Gasteiger partial charge in [0.25, 0.3) is 5.69 Å². The van der Waals surface area contributed by atoms with E-state index in [1.54, 1.807) is 0 Å². The molecule has 1 aliphatic heterocycles. The molecule has 0 spiro atoms. The van der Waals surface area contributed by atoms with Gasteiger partial charge in [-0.15, -0.1) is 0 Å². The zero-order valence-electron chi connectivity index (χ0n) is 10.2. The van der Waals surface area contributed by atoms with Crippen molar-refractivity contribution in [1.29, 1.82) is 0 Å². The van der Waals surface area contributed by atoms with Crippen LogP contribution in [0, 0.1) is 21.8 Å². The predicted molar refractivity (Wildman–Crippen MR) is 67.3 cm³/mol. The van der Waals surface area contributed by atoms with E-state index >= 15 is 0 Å². The smallest absolute Gasteiger partial charge is 0.274 e. The van der Waals surface area contributed by atoms with Gasteiger partial charge < -0.3 is 10.6 Å². The maximum absolute atomic E-state index is 13.2. The van der Waals surface area contributed by atoms with Crippen LogP contribution in [0.3, 0.4) is 0 Å². The number of anilines is 1. The average Bonchev–Trinajstić information content (AvgIpc) is 2.39. The number of hydrogen-bond acceptors (Lipinski definition) is 4. The molecule has 1 aromatic rings. The first-order valence-electron chi connectivity index (χ1n) is 6.03. The monoisotopic (exact) mass is 267 g/mol. The van der Waals surface area contributed by atoms with Crippen LogP contribution in [0.25, 0.3) is 0 Å². The van der Waals surface area contributed by atoms with E-state index in [4.69, 9.17) is 0 Å². The highest BCUT2D eigenvalue weighted by Crippen LogP contribution is 2.21. The molecule has 2 rings (SSSR count). The first-order chi connectivity index (χ1) is 9.06. The summed E-state index contributed by atoms with van der Waals surface area (Å²) in [5, 5.41) is 16.2. The number of nitro benzene ring substituents is 1. The number of hydrogen-bond donors (Lipinski definition) is 2. The van der Waals surface area contributed by atoms with E-state index < -0.39 is 10.7 Å². The van der Waals surface area contributed by atoms with Crippen molar-refractivity contribution in [2.75, 3.05) is 18.4 Å². The molecule has 1 heterocycles. The van der Waals surface area contributed by atoms with Crippen molar-refractivity contribution in [2.24, 2.45) is 5.92 Å². The lowest BCUT2D eigenvalue weighted by molar-refractivity contribution is -0.385. The van der Waals surface area contributed by atoms with E-state index in [1.807, 2.05) is 0 Å². The Morgan fingerprint density at radius 3 is 2.89 bits per heavy atom. The number of halogens is 1. The summed E-state index contributed by atoms with van der Waals surface area (Å²) in [7, 11) is 0. The highest BCUT2D eigenvalue weighted by molar-refractivity contribution is 5.93. The van der Waals surface area contributed by atoms with Gasteiger partial charge in [-0.25, -0.2) is 4.39 Å². The molecular weight excluding hydrogens is 253 g/mol. The van der Waals surface area contributed by atoms with E-state index in [1.165, 1.54) is 0 Å². The van der Waals surface area contributed by atoms with Gasteiger partial charge in [-0.2, -0.15) is 0 Å². The van der Waals surface area contributed by atoms with Crippen molar-refractivity contribution in [3.63, 3.8) is 0 Å². The Bertz CT molecular complexity index is 501. The minimum Gasteiger partial charge on any atom is -0.325 e. The number of nitrogens with zero attached hydrogens (tertiary/aromatic N) is 1. The molecule has 102 valence electrons. The quantitative estimate of drug-likeness (QED) is 0.644. The zero-order valence-corrected chi connectivity index (χ0v) is 10.2. The topological polar surface area (TPSA) is 84.3 Å². The van der Waals surface area contributed by atoms with Crippen LogP contribution in [-0.2, 0) is 4.79 Å². The Morgan fingerprint density at radius 1 is 1.47 bits per heavy atom. The summed E-state index contributed by atoms with van der Waals surface area (Å²) in [5.41, 5.74) is -0.264. The highest BCUT2D eigenvalue weighted by atomic mass is 19.1. The molecule has 1 atom stereocenters. The second-order valence-corrected chi connectivity index (χ2v) is 4.49. The molecule has 2 N–H and O–H groups in total. The fraction of sp³-hybridized carbons (Fsp3) is 0.417. The molecule has 6 nitrogen and oxygen atoms in total. The third-order valence-electron chi connectivity index (χ3n) is 3.03. The number of nitrogens with one attached hydrogen (secondary N) is 2. The summed E-state index contributed by atoms with van der Waals surface area (Å²) in [6.45, 7) is 1.46. The van der Waals surface area contributed by atoms with Crippen molar-refractivity contribution in [2.45, 2.75) is 12.8 Å². The lowest BCUT2D eigenvalue weighted by Gasteiger charge is -2.21. The van der Waals surface area contributed by atoms with Crippen molar-refractivity contribution in [3.05, 3.63) is 34.1 Å². The molecular formula is C12H14FN3O3. The van der Waals surface area contributed by atoms with Gasteiger partial charge in [0.05, 0.1) is 22.6 Å². The largest absolute Gasteiger partial charge is 0.325 e. The van der Waals surface area contributed by atoms with Crippen molar-refractivity contribution in [3.8, 4) is 0 Å². The van der Waals surface area contributed by atoms with Gasteiger partial charge in [-0.1, -0.05) is 0 Å². The number of carbonyl (C=O) groups excluding carboxylic acids is 1. The number of piperidine rings is 1. The van der Waals surface area contributed by atoms with Gasteiger partial charge >= 0.3 is 0 Å². The standard InChI is InChI=1S/C12H14FN3O3/c13-9-4-10(6-11(5-9)16(18)19)15-12(17)8-2-1-3-14-7-8/h4-6,8,14H,1-3,7H2,(H,15,17). The number of carbonyl (C=O) groups is 1. The minimum absolute atomic E-state index is 0.113. The first kappa shape index (κ1) is 13.4. The van der Waals surface area contributed by atoms with Crippen LogP contribution in [-0.4, -0.2) is 23.9 Å². The molecule has 0 bridgehead atoms. The van der Waals surface area contributed by atoms with E-state index in [-0.39, 0.29) is 23.2 Å². The third kappa shape index (κ3) is 3.47. The maximum atomic E-state index is 13.2. The second-order valence-electron chi connectivity index (χ2n) is 4.49. The molecule has 7 heteroatoms. The first-order valence-corrected chi connectivity index (χ1v) is 6.03. The molecule has 0 aliphatic carbocycles. The lowest BCUT2D eigenvalue weighted by atomic mass is 9.99. The van der Waals surface area contributed by atoms with E-state index in [9.17, 15) is 19.3 Å². The van der Waals surface area contributed by atoms with Crippen LogP contribution in [0.2, 0.25) is 0 Å². The number of non-ortho nitro benzene ring substituents is 1. The molecule has 19 heavy (non-hydrogen) atoms. The Hall–Kier alpha value is -2.02. The summed E-state index contributed by atoms with van der Waals surface area (Å²) in [5.74, 6) is -1.17. The number of rotatable bonds is 3. The Labute approximate surface area is 109 Å². The zero-order chi connectivity index (χ0) is 13.8. The predicted octanol–water partition coefficient (Wildman–Crippen LogP) is 1.67. The van der Waals surface area contributed by atoms with Crippen LogP contribution in [0.15, 0.2) is 18.2 Å². The Balaban J connectivity index is 2.09. The third-order valence-corrected chi connectivity index (χ3v) is 3.03. The second kappa shape index (κ2) is 5.75. The van der Waals surface area contributed by atoms with Crippen molar-refractivity contribution < 1.29 is 14.1 Å². The SMILES string of the molecule is O=C(Nc1cc(F)cc([N+](=O)[O-])c1)C1CCCNC1. The molecule has 1 fully saturated rings. The Kier molecular flexibility index (Phi) is 4.06. The maximum Gasteiger partial charge on any atom is 0.274 e. The van der Waals surface area contributed by atoms with Crippen molar-refractivity contribution >= 4 is 17.3 Å². The molecule has 1 unspecified atom stereocenters. The average molecular weight is 267 g/mol. The molecule has 0 aromatic heterocycles. The van der Waals surface area contributed by atoms with Gasteiger partial charge in [0.1, 0.15) is 5.82 Å². The number of amides is 1. The fourth-order valence-electron chi connectivity index (χ4n) is 2.07. The van der Waals surface area contributed by atoms with Gasteiger partial charge in [0, 0.05) is 12.6 Å². The highest BCUT2D eigenvalue weighted by Gasteiger charge is 2.21. The van der Waals surface area contributed by atoms with Crippen molar-refractivity contribution in [1.82, 2.24) is 5.32 Å². The van der Waals surface area contributed by atoms with E-state index in [2.05, 4.69) is 10.6 Å². The number of benzene rings is 1. The normalized spacial score (nSPS) is 18.9. The van der Waals surface area contributed by atoms with Gasteiger partial charge in [0.15, 0.2) is 0 Å². The summed E-state index contributed by atoms with van der Waals surface area (Å²) < 4.78 is 13.2. The lowest BCUT2D eigenvalue weighted by Crippen LogP contribution is -2.37. The van der Waals surface area contributed by atoms with Gasteiger partial charge in [-0.05, 0) is 25.5 Å². The summed E-state index contributed by atoms with van der Waals surface area (Å²) in [6.07, 6.45) is 1.66. The molecule has 0 radical (unpaired) electrons. The molecule has 0 saturated carbocycles. The molecule has 1 aliphatic rings. The summed E-state index contributed by atoms with van der Waals surface area (Å²) >= 11 is 0. The Morgan fingerprint density at radius 2 is 2.26 bits per heavy atom. The van der Waals surface area contributed by atoms with Crippen LogP contribution in [0.1, 0.15) is 12.8 Å². The van der Waals surface area contributed by atoms with Gasteiger partial charge in [0.2, 0.25) is 5.91 Å². The van der Waals surface area contributed by atoms with Crippen LogP contribution in [0.4, 0.5) is 15.8 Å². The molecule has 1 amide bonds. The van der Waals surface area contributed by atoms with Gasteiger partial charge in [-0.3, -0.25) is 14.9 Å². The van der Waals surface area contributed by atoms with E-state index in [0.717, 1.165) is 37.6 Å². The fourth-order valence-corrected chi connectivity index (χ4v) is 2.07. The summed E-state index contributed by atoms with van der Waals surface area (Å²) in [4.78, 5) is 21.8. The van der Waals surface area contributed by atoms with Crippen LogP contribution >= 0.6 is 0 Å². The molecule has 1 saturated heterocycles. The summed E-state index contributed by atoms with van der Waals surface area (Å²) in [6, 6.07) is 3.04. The van der Waals surface area contributed by atoms with Crippen LogP contribution in [0.5, 0.6) is 0 Å².